The van der Waals surface area contributed by atoms with E-state index in [4.69, 9.17) is 15.8 Å². The first-order valence-electron chi connectivity index (χ1n) is 5.74. The van der Waals surface area contributed by atoms with E-state index >= 15 is 0 Å². The van der Waals surface area contributed by atoms with Crippen molar-refractivity contribution >= 4 is 11.7 Å². The van der Waals surface area contributed by atoms with Crippen LogP contribution in [0.2, 0.25) is 0 Å². The molecule has 0 aliphatic heterocycles. The molecule has 2 N–H and O–H groups in total. The molecule has 0 aliphatic rings. The van der Waals surface area contributed by atoms with Gasteiger partial charge in [0.15, 0.2) is 0 Å². The smallest absolute Gasteiger partial charge is 0.277 e. The highest BCUT2D eigenvalue weighted by molar-refractivity contribution is 5.93. The first-order chi connectivity index (χ1) is 9.58. The number of amides is 1. The molecule has 0 spiro atoms. The maximum absolute atomic E-state index is 11.9. The number of anilines is 1. The van der Waals surface area contributed by atoms with Gasteiger partial charge >= 0.3 is 0 Å². The SMILES string of the molecule is CON(C)C(=O)c1ccc(-n2ncc(C#N)c2N)cc1. The third-order valence-corrected chi connectivity index (χ3v) is 2.85. The largest absolute Gasteiger partial charge is 0.382 e. The number of carbonyl (C=O) groups excluding carboxylic acids is 1. The number of nitrogen functional groups attached to an aromatic ring is 1. The van der Waals surface area contributed by atoms with Crippen molar-refractivity contribution in [3.05, 3.63) is 41.6 Å². The Bertz CT molecular complexity index is 669. The lowest BCUT2D eigenvalue weighted by molar-refractivity contribution is -0.0756. The Balaban J connectivity index is 2.31. The average molecular weight is 271 g/mol. The van der Waals surface area contributed by atoms with Gasteiger partial charge in [0.2, 0.25) is 0 Å². The second-order valence-electron chi connectivity index (χ2n) is 4.00. The van der Waals surface area contributed by atoms with Gasteiger partial charge in [0.1, 0.15) is 17.5 Å². The molecule has 1 amide bonds. The summed E-state index contributed by atoms with van der Waals surface area (Å²) in [6.45, 7) is 0. The predicted octanol–water partition coefficient (Wildman–Crippen LogP) is 0.960. The fraction of sp³-hybridized carbons (Fsp3) is 0.154. The predicted molar refractivity (Wildman–Crippen MR) is 71.8 cm³/mol. The molecule has 1 aromatic heterocycles. The van der Waals surface area contributed by atoms with Gasteiger partial charge in [-0.05, 0) is 24.3 Å². The van der Waals surface area contributed by atoms with Crippen LogP contribution in [0.25, 0.3) is 5.69 Å². The lowest BCUT2D eigenvalue weighted by Crippen LogP contribution is -2.25. The highest BCUT2D eigenvalue weighted by Gasteiger charge is 2.12. The van der Waals surface area contributed by atoms with Gasteiger partial charge in [-0.15, -0.1) is 0 Å². The van der Waals surface area contributed by atoms with Crippen LogP contribution in [0.4, 0.5) is 5.82 Å². The van der Waals surface area contributed by atoms with E-state index in [0.29, 0.717) is 16.8 Å². The number of hydroxylamine groups is 2. The highest BCUT2D eigenvalue weighted by atomic mass is 16.7. The van der Waals surface area contributed by atoms with Gasteiger partial charge in [-0.2, -0.15) is 10.4 Å². The van der Waals surface area contributed by atoms with Gasteiger partial charge in [0.25, 0.3) is 5.91 Å². The summed E-state index contributed by atoms with van der Waals surface area (Å²) in [4.78, 5) is 16.7. The Morgan fingerprint density at radius 1 is 1.45 bits per heavy atom. The van der Waals surface area contributed by atoms with Crippen molar-refractivity contribution in [2.75, 3.05) is 19.9 Å². The Morgan fingerprint density at radius 3 is 2.60 bits per heavy atom. The zero-order chi connectivity index (χ0) is 14.7. The fourth-order valence-electron chi connectivity index (χ4n) is 1.66. The van der Waals surface area contributed by atoms with Crippen molar-refractivity contribution in [1.82, 2.24) is 14.8 Å². The van der Waals surface area contributed by atoms with Gasteiger partial charge in [0, 0.05) is 12.6 Å². The maximum Gasteiger partial charge on any atom is 0.277 e. The molecule has 0 fully saturated rings. The van der Waals surface area contributed by atoms with Crippen LogP contribution >= 0.6 is 0 Å². The van der Waals surface area contributed by atoms with E-state index in [-0.39, 0.29) is 11.7 Å². The van der Waals surface area contributed by atoms with Crippen LogP contribution in [0.5, 0.6) is 0 Å². The van der Waals surface area contributed by atoms with Crippen molar-refractivity contribution in [2.45, 2.75) is 0 Å². The van der Waals surface area contributed by atoms with E-state index in [0.717, 1.165) is 5.06 Å². The van der Waals surface area contributed by atoms with E-state index in [1.165, 1.54) is 25.0 Å². The highest BCUT2D eigenvalue weighted by Crippen LogP contribution is 2.17. The van der Waals surface area contributed by atoms with Gasteiger partial charge in [-0.3, -0.25) is 9.63 Å². The van der Waals surface area contributed by atoms with Crippen molar-refractivity contribution in [3.63, 3.8) is 0 Å². The molecular formula is C13H13N5O2. The zero-order valence-corrected chi connectivity index (χ0v) is 11.1. The van der Waals surface area contributed by atoms with E-state index in [1.807, 2.05) is 6.07 Å². The Hall–Kier alpha value is -2.85. The second-order valence-corrected chi connectivity index (χ2v) is 4.00. The third kappa shape index (κ3) is 2.32. The first kappa shape index (κ1) is 13.6. The van der Waals surface area contributed by atoms with Crippen LogP contribution in [0.1, 0.15) is 15.9 Å². The number of nitriles is 1. The zero-order valence-electron chi connectivity index (χ0n) is 11.1. The maximum atomic E-state index is 11.9. The van der Waals surface area contributed by atoms with Gasteiger partial charge in [-0.1, -0.05) is 0 Å². The lowest BCUT2D eigenvalue weighted by Gasteiger charge is -2.13. The molecule has 102 valence electrons. The molecule has 7 nitrogen and oxygen atoms in total. The van der Waals surface area contributed by atoms with Crippen molar-refractivity contribution in [3.8, 4) is 11.8 Å². The molecule has 2 aromatic rings. The van der Waals surface area contributed by atoms with E-state index in [9.17, 15) is 4.79 Å². The summed E-state index contributed by atoms with van der Waals surface area (Å²) in [5.74, 6) is 0.00536. The van der Waals surface area contributed by atoms with Crippen LogP contribution in [-0.4, -0.2) is 34.9 Å². The summed E-state index contributed by atoms with van der Waals surface area (Å²) in [5, 5.41) is 14.0. The number of benzene rings is 1. The van der Waals surface area contributed by atoms with Crippen LogP contribution in [0, 0.1) is 11.3 Å². The van der Waals surface area contributed by atoms with E-state index in [2.05, 4.69) is 5.10 Å². The molecule has 1 aromatic carbocycles. The topological polar surface area (TPSA) is 97.2 Å². The van der Waals surface area contributed by atoms with E-state index in [1.54, 1.807) is 24.3 Å². The molecule has 0 unspecified atom stereocenters. The molecule has 0 atom stereocenters. The lowest BCUT2D eigenvalue weighted by atomic mass is 10.2. The number of rotatable bonds is 3. The normalized spacial score (nSPS) is 10.1. The molecule has 1 heterocycles. The van der Waals surface area contributed by atoms with Crippen molar-refractivity contribution in [2.24, 2.45) is 0 Å². The van der Waals surface area contributed by atoms with Gasteiger partial charge in [0.05, 0.1) is 19.0 Å². The van der Waals surface area contributed by atoms with E-state index < -0.39 is 0 Å². The summed E-state index contributed by atoms with van der Waals surface area (Å²) in [7, 11) is 2.95. The Kier molecular flexibility index (Phi) is 3.68. The fourth-order valence-corrected chi connectivity index (χ4v) is 1.66. The van der Waals surface area contributed by atoms with Crippen LogP contribution < -0.4 is 5.73 Å². The second kappa shape index (κ2) is 5.42. The quantitative estimate of drug-likeness (QED) is 0.838. The Morgan fingerprint density at radius 2 is 2.10 bits per heavy atom. The standard InChI is InChI=1S/C13H13N5O2/c1-17(20-2)13(19)9-3-5-11(6-4-9)18-12(15)10(7-14)8-16-18/h3-6,8H,15H2,1-2H3. The molecule has 20 heavy (non-hydrogen) atoms. The van der Waals surface area contributed by atoms with Crippen molar-refractivity contribution < 1.29 is 9.63 Å². The minimum absolute atomic E-state index is 0.259. The molecule has 2 rings (SSSR count). The summed E-state index contributed by atoms with van der Waals surface area (Å²) in [6, 6.07) is 8.62. The molecule has 0 saturated carbocycles. The molecular weight excluding hydrogens is 258 g/mol. The van der Waals surface area contributed by atoms with Crippen molar-refractivity contribution in [1.29, 1.82) is 5.26 Å². The number of nitrogens with two attached hydrogens (primary N) is 1. The number of carbonyl (C=O) groups is 1. The van der Waals surface area contributed by atoms with Crippen LogP contribution in [0.15, 0.2) is 30.5 Å². The minimum Gasteiger partial charge on any atom is -0.382 e. The summed E-state index contributed by atoms with van der Waals surface area (Å²) in [5.41, 5.74) is 7.25. The number of hydrogen-bond donors (Lipinski definition) is 1. The molecule has 0 bridgehead atoms. The summed E-state index contributed by atoms with van der Waals surface area (Å²) >= 11 is 0. The summed E-state index contributed by atoms with van der Waals surface area (Å²) in [6.07, 6.45) is 1.40. The molecule has 0 aliphatic carbocycles. The summed E-state index contributed by atoms with van der Waals surface area (Å²) < 4.78 is 1.44. The minimum atomic E-state index is -0.259. The molecule has 7 heteroatoms. The van der Waals surface area contributed by atoms with Crippen LogP contribution in [0.3, 0.4) is 0 Å². The van der Waals surface area contributed by atoms with Gasteiger partial charge < -0.3 is 5.73 Å². The monoisotopic (exact) mass is 271 g/mol. The third-order valence-electron chi connectivity index (χ3n) is 2.85. The average Bonchev–Trinajstić information content (AvgIpc) is 2.86. The number of nitrogens with zero attached hydrogens (tertiary/aromatic N) is 4. The number of hydrogen-bond acceptors (Lipinski definition) is 5. The number of aromatic nitrogens is 2. The van der Waals surface area contributed by atoms with Gasteiger partial charge in [-0.25, -0.2) is 9.75 Å². The first-order valence-corrected chi connectivity index (χ1v) is 5.74. The molecule has 0 radical (unpaired) electrons. The van der Waals surface area contributed by atoms with Crippen LogP contribution in [-0.2, 0) is 4.84 Å². The Labute approximate surface area is 115 Å². The molecule has 0 saturated heterocycles.